The third-order valence-electron chi connectivity index (χ3n) is 4.87. The molecule has 3 heteroatoms. The van der Waals surface area contributed by atoms with E-state index in [-0.39, 0.29) is 0 Å². The lowest BCUT2D eigenvalue weighted by molar-refractivity contribution is -0.00900. The quantitative estimate of drug-likeness (QED) is 0.345. The summed E-state index contributed by atoms with van der Waals surface area (Å²) in [7, 11) is 0. The molecule has 0 saturated carbocycles. The average molecular weight is 522 g/mol. The summed E-state index contributed by atoms with van der Waals surface area (Å²) in [6.07, 6.45) is 0. The van der Waals surface area contributed by atoms with E-state index in [0.717, 1.165) is 31.2 Å². The number of halogens is 2. The molecule has 0 aliphatic carbocycles. The van der Waals surface area contributed by atoms with Gasteiger partial charge in [-0.15, -0.1) is 0 Å². The Balaban J connectivity index is 2.07. The van der Waals surface area contributed by atoms with Crippen LogP contribution in [0.3, 0.4) is 0 Å². The Morgan fingerprint density at radius 1 is 0.667 bits per heavy atom. The largest absolute Gasteiger partial charge is 0.373 e. The van der Waals surface area contributed by atoms with E-state index in [0.29, 0.717) is 0 Å². The van der Waals surface area contributed by atoms with E-state index in [2.05, 4.69) is 55.5 Å². The molecule has 30 heavy (non-hydrogen) atoms. The monoisotopic (exact) mass is 520 g/mol. The van der Waals surface area contributed by atoms with Crippen molar-refractivity contribution in [2.24, 2.45) is 5.41 Å². The highest BCUT2D eigenvalue weighted by Crippen LogP contribution is 2.38. The molecule has 0 radical (unpaired) electrons. The van der Waals surface area contributed by atoms with Gasteiger partial charge in [-0.05, 0) is 61.7 Å². The topological polar surface area (TPSA) is 20.2 Å². The van der Waals surface area contributed by atoms with E-state index in [1.165, 1.54) is 0 Å². The zero-order valence-corrected chi connectivity index (χ0v) is 20.3. The van der Waals surface area contributed by atoms with Gasteiger partial charge in [-0.2, -0.15) is 0 Å². The SMILES string of the molecule is CC(C)(C)C(O)(C#Cc1ccccc1C#Cc1c(Br)cccc1Br)c1ccccc1. The molecule has 0 saturated heterocycles. The maximum atomic E-state index is 11.5. The van der Waals surface area contributed by atoms with Crippen molar-refractivity contribution in [2.45, 2.75) is 26.4 Å². The Labute approximate surface area is 195 Å². The van der Waals surface area contributed by atoms with Crippen LogP contribution in [0.5, 0.6) is 0 Å². The van der Waals surface area contributed by atoms with Crippen LogP contribution < -0.4 is 0 Å². The van der Waals surface area contributed by atoms with Gasteiger partial charge in [-0.25, -0.2) is 0 Å². The van der Waals surface area contributed by atoms with Gasteiger partial charge >= 0.3 is 0 Å². The molecule has 1 N–H and O–H groups in total. The standard InChI is InChI=1S/C27H22Br2O/c1-26(2,3)27(30,22-12-5-4-6-13-22)19-18-21-11-8-7-10-20(21)16-17-23-24(28)14-9-15-25(23)29/h4-15,30H,1-3H3. The predicted molar refractivity (Wildman–Crippen MR) is 131 cm³/mol. The molecule has 0 aliphatic rings. The molecule has 0 aliphatic heterocycles. The van der Waals surface area contributed by atoms with Crippen molar-refractivity contribution < 1.29 is 5.11 Å². The Morgan fingerprint density at radius 3 is 1.77 bits per heavy atom. The first kappa shape index (κ1) is 22.4. The van der Waals surface area contributed by atoms with Gasteiger partial charge < -0.3 is 5.11 Å². The van der Waals surface area contributed by atoms with Gasteiger partial charge in [0.1, 0.15) is 0 Å². The molecule has 1 unspecified atom stereocenters. The first-order valence-electron chi connectivity index (χ1n) is 9.58. The molecule has 1 nitrogen and oxygen atoms in total. The fraction of sp³-hybridized carbons (Fsp3) is 0.185. The summed E-state index contributed by atoms with van der Waals surface area (Å²) in [6, 6.07) is 23.2. The van der Waals surface area contributed by atoms with Crippen LogP contribution in [0.15, 0.2) is 81.7 Å². The van der Waals surface area contributed by atoms with E-state index in [1.54, 1.807) is 0 Å². The highest BCUT2D eigenvalue weighted by molar-refractivity contribution is 9.11. The van der Waals surface area contributed by atoms with Gasteiger partial charge in [0.2, 0.25) is 0 Å². The van der Waals surface area contributed by atoms with Crippen molar-refractivity contribution >= 4 is 31.9 Å². The van der Waals surface area contributed by atoms with Crippen LogP contribution in [0.2, 0.25) is 0 Å². The first-order chi connectivity index (χ1) is 14.2. The zero-order valence-electron chi connectivity index (χ0n) is 17.1. The van der Waals surface area contributed by atoms with Gasteiger partial charge in [-0.1, -0.05) is 93.0 Å². The summed E-state index contributed by atoms with van der Waals surface area (Å²) in [6.45, 7) is 5.97. The minimum absolute atomic E-state index is 0.470. The third-order valence-corrected chi connectivity index (χ3v) is 6.19. The molecule has 0 amide bonds. The fourth-order valence-corrected chi connectivity index (χ4v) is 4.17. The molecule has 0 fully saturated rings. The summed E-state index contributed by atoms with van der Waals surface area (Å²) in [5.74, 6) is 12.8. The number of benzene rings is 3. The number of aliphatic hydroxyl groups is 1. The molecule has 0 bridgehead atoms. The Bertz CT molecular complexity index is 1150. The second-order valence-electron chi connectivity index (χ2n) is 7.97. The Kier molecular flexibility index (Phi) is 6.89. The predicted octanol–water partition coefficient (Wildman–Crippen LogP) is 6.90. The highest BCUT2D eigenvalue weighted by atomic mass is 79.9. The number of hydrogen-bond acceptors (Lipinski definition) is 1. The lowest BCUT2D eigenvalue weighted by atomic mass is 9.72. The molecule has 150 valence electrons. The second kappa shape index (κ2) is 9.23. The molecule has 3 rings (SSSR count). The maximum Gasteiger partial charge on any atom is 0.156 e. The van der Waals surface area contributed by atoms with Crippen molar-refractivity contribution in [1.82, 2.24) is 0 Å². The minimum Gasteiger partial charge on any atom is -0.373 e. The van der Waals surface area contributed by atoms with Gasteiger partial charge in [0.25, 0.3) is 0 Å². The van der Waals surface area contributed by atoms with E-state index in [9.17, 15) is 5.11 Å². The van der Waals surface area contributed by atoms with Crippen LogP contribution in [0.1, 0.15) is 43.0 Å². The van der Waals surface area contributed by atoms with E-state index < -0.39 is 11.0 Å². The van der Waals surface area contributed by atoms with Crippen LogP contribution in [-0.4, -0.2) is 5.11 Å². The maximum absolute atomic E-state index is 11.5. The summed E-state index contributed by atoms with van der Waals surface area (Å²) in [5.41, 5.74) is 1.51. The van der Waals surface area contributed by atoms with Gasteiger partial charge in [-0.3, -0.25) is 0 Å². The molecule has 1 atom stereocenters. The fourth-order valence-electron chi connectivity index (χ4n) is 2.98. The van der Waals surface area contributed by atoms with Crippen LogP contribution in [0.4, 0.5) is 0 Å². The molecular weight excluding hydrogens is 500 g/mol. The second-order valence-corrected chi connectivity index (χ2v) is 9.68. The lowest BCUT2D eigenvalue weighted by Crippen LogP contribution is -2.38. The van der Waals surface area contributed by atoms with E-state index in [1.807, 2.05) is 93.6 Å². The molecular formula is C27H22Br2O. The number of hydrogen-bond donors (Lipinski definition) is 1. The minimum atomic E-state index is -1.29. The molecule has 0 spiro atoms. The summed E-state index contributed by atoms with van der Waals surface area (Å²) >= 11 is 7.10. The van der Waals surface area contributed by atoms with Crippen molar-refractivity contribution in [1.29, 1.82) is 0 Å². The lowest BCUT2D eigenvalue weighted by Gasteiger charge is -2.36. The summed E-state index contributed by atoms with van der Waals surface area (Å²) in [5, 5.41) is 11.5. The number of rotatable bonds is 1. The average Bonchev–Trinajstić information content (AvgIpc) is 2.72. The molecule has 3 aromatic carbocycles. The Hall–Kier alpha value is -2.30. The van der Waals surface area contributed by atoms with Gasteiger partial charge in [0.05, 0.1) is 5.56 Å². The zero-order chi connectivity index (χ0) is 21.8. The first-order valence-corrected chi connectivity index (χ1v) is 11.2. The van der Waals surface area contributed by atoms with E-state index >= 15 is 0 Å². The van der Waals surface area contributed by atoms with Crippen LogP contribution in [-0.2, 0) is 5.60 Å². The van der Waals surface area contributed by atoms with Crippen molar-refractivity contribution in [3.05, 3.63) is 104 Å². The van der Waals surface area contributed by atoms with E-state index in [4.69, 9.17) is 0 Å². The summed E-state index contributed by atoms with van der Waals surface area (Å²) in [4.78, 5) is 0. The smallest absolute Gasteiger partial charge is 0.156 e. The van der Waals surface area contributed by atoms with Crippen LogP contribution in [0.25, 0.3) is 0 Å². The van der Waals surface area contributed by atoms with Gasteiger partial charge in [0.15, 0.2) is 5.60 Å². The Morgan fingerprint density at radius 2 is 1.20 bits per heavy atom. The normalized spacial score (nSPS) is 12.7. The van der Waals surface area contributed by atoms with Crippen molar-refractivity contribution in [3.63, 3.8) is 0 Å². The highest BCUT2D eigenvalue weighted by Gasteiger charge is 2.40. The van der Waals surface area contributed by atoms with Crippen LogP contribution >= 0.6 is 31.9 Å². The molecule has 0 heterocycles. The van der Waals surface area contributed by atoms with Crippen molar-refractivity contribution in [2.75, 3.05) is 0 Å². The molecule has 3 aromatic rings. The van der Waals surface area contributed by atoms with Gasteiger partial charge in [0, 0.05) is 25.5 Å². The summed E-state index contributed by atoms with van der Waals surface area (Å²) < 4.78 is 1.86. The third kappa shape index (κ3) is 4.88. The molecule has 0 aromatic heterocycles. The van der Waals surface area contributed by atoms with Crippen molar-refractivity contribution in [3.8, 4) is 23.7 Å². The van der Waals surface area contributed by atoms with Crippen LogP contribution in [0, 0.1) is 29.1 Å².